The number of hydrogen-bond donors (Lipinski definition) is 3. The highest BCUT2D eigenvalue weighted by atomic mass is 32.2. The number of nitrogens with zero attached hydrogens (tertiary/aromatic N) is 1. The molecule has 6 rings (SSSR count). The summed E-state index contributed by atoms with van der Waals surface area (Å²) >= 11 is 1.62. The normalized spacial score (nSPS) is 28.8. The number of carbonyl (C=O) groups excluding carboxylic acids is 3. The van der Waals surface area contributed by atoms with Crippen LogP contribution in [0.1, 0.15) is 36.1 Å². The van der Waals surface area contributed by atoms with E-state index in [1.807, 2.05) is 92.7 Å². The molecule has 3 heterocycles. The second-order valence-corrected chi connectivity index (χ2v) is 13.1. The maximum Gasteiger partial charge on any atom is 0.248 e. The molecule has 3 saturated heterocycles. The predicted molar refractivity (Wildman–Crippen MR) is 161 cm³/mol. The number of benzene rings is 3. The number of aliphatic hydroxyl groups is 1. The van der Waals surface area contributed by atoms with E-state index in [0.717, 1.165) is 28.8 Å². The van der Waals surface area contributed by atoms with Crippen molar-refractivity contribution in [1.82, 2.24) is 4.90 Å². The summed E-state index contributed by atoms with van der Waals surface area (Å²) in [7, 11) is 0. The molecule has 212 valence electrons. The number of carbonyl (C=O) groups is 3. The Bertz CT molecular complexity index is 1460. The molecule has 3 N–H and O–H groups in total. The van der Waals surface area contributed by atoms with Gasteiger partial charge in [0.15, 0.2) is 0 Å². The van der Waals surface area contributed by atoms with Gasteiger partial charge in [0.05, 0.1) is 29.2 Å². The van der Waals surface area contributed by atoms with Crippen molar-refractivity contribution in [3.8, 4) is 0 Å². The molecule has 3 fully saturated rings. The van der Waals surface area contributed by atoms with E-state index in [9.17, 15) is 19.5 Å². The topological polar surface area (TPSA) is 98.7 Å². The molecule has 3 unspecified atom stereocenters. The third-order valence-electron chi connectivity index (χ3n) is 9.20. The van der Waals surface area contributed by atoms with Gasteiger partial charge in [-0.2, -0.15) is 0 Å². The summed E-state index contributed by atoms with van der Waals surface area (Å²) in [6, 6.07) is 22.9. The molecule has 0 aromatic heterocycles. The molecule has 2 bridgehead atoms. The zero-order valence-corrected chi connectivity index (χ0v) is 24.2. The van der Waals surface area contributed by atoms with Gasteiger partial charge in [0, 0.05) is 16.6 Å². The monoisotopic (exact) mass is 569 g/mol. The van der Waals surface area contributed by atoms with Gasteiger partial charge in [-0.15, -0.1) is 11.8 Å². The lowest BCUT2D eigenvalue weighted by atomic mass is 9.65. The first-order chi connectivity index (χ1) is 19.8. The summed E-state index contributed by atoms with van der Waals surface area (Å²) in [5.41, 5.74) is 4.02. The molecule has 3 aromatic rings. The van der Waals surface area contributed by atoms with Crippen LogP contribution in [-0.4, -0.2) is 50.4 Å². The number of hydrogen-bond acceptors (Lipinski definition) is 5. The second-order valence-electron chi connectivity index (χ2n) is 11.5. The molecule has 3 amide bonds. The summed E-state index contributed by atoms with van der Waals surface area (Å²) in [5.74, 6) is -1.98. The number of aliphatic hydroxyl groups excluding tert-OH is 1. The van der Waals surface area contributed by atoms with Crippen molar-refractivity contribution in [2.75, 3.05) is 17.2 Å². The predicted octanol–water partition coefficient (Wildman–Crippen LogP) is 4.95. The summed E-state index contributed by atoms with van der Waals surface area (Å²) in [4.78, 5) is 44.5. The lowest BCUT2D eigenvalue weighted by Gasteiger charge is -2.40. The highest BCUT2D eigenvalue weighted by Crippen LogP contribution is 2.69. The zero-order valence-electron chi connectivity index (χ0n) is 23.4. The molecule has 7 nitrogen and oxygen atoms in total. The molecule has 8 heteroatoms. The van der Waals surface area contributed by atoms with Gasteiger partial charge in [-0.05, 0) is 55.0 Å². The Labute approximate surface area is 244 Å². The van der Waals surface area contributed by atoms with E-state index >= 15 is 0 Å². The molecule has 1 spiro atoms. The Morgan fingerprint density at radius 1 is 0.951 bits per heavy atom. The van der Waals surface area contributed by atoms with Crippen molar-refractivity contribution in [3.05, 3.63) is 95.6 Å². The van der Waals surface area contributed by atoms with Gasteiger partial charge in [0.25, 0.3) is 0 Å². The van der Waals surface area contributed by atoms with Crippen LogP contribution in [0, 0.1) is 31.6 Å². The van der Waals surface area contributed by atoms with Gasteiger partial charge in [-0.1, -0.05) is 73.7 Å². The zero-order chi connectivity index (χ0) is 28.9. The average molecular weight is 570 g/mol. The van der Waals surface area contributed by atoms with Crippen LogP contribution in [0.5, 0.6) is 0 Å². The second kappa shape index (κ2) is 10.7. The number of nitrogens with one attached hydrogen (secondary N) is 2. The van der Waals surface area contributed by atoms with Crippen molar-refractivity contribution in [2.45, 2.75) is 49.3 Å². The maximum absolute atomic E-state index is 14.6. The molecule has 0 radical (unpaired) electrons. The minimum absolute atomic E-state index is 0.0149. The number of thioether (sulfide) groups is 1. The quantitative estimate of drug-likeness (QED) is 0.374. The molecule has 3 aliphatic heterocycles. The van der Waals surface area contributed by atoms with E-state index in [1.54, 1.807) is 16.7 Å². The number of para-hydroxylation sites is 2. The van der Waals surface area contributed by atoms with Crippen LogP contribution in [0.2, 0.25) is 0 Å². The van der Waals surface area contributed by atoms with Gasteiger partial charge in [0.1, 0.15) is 6.04 Å². The van der Waals surface area contributed by atoms with E-state index in [2.05, 4.69) is 17.6 Å². The van der Waals surface area contributed by atoms with Crippen LogP contribution in [0.3, 0.4) is 0 Å². The minimum Gasteiger partial charge on any atom is -0.394 e. The van der Waals surface area contributed by atoms with Crippen LogP contribution in [-0.2, 0) is 14.4 Å². The van der Waals surface area contributed by atoms with Crippen LogP contribution in [0.15, 0.2) is 78.9 Å². The lowest BCUT2D eigenvalue weighted by molar-refractivity contribution is -0.141. The number of amides is 3. The fraction of sp³-hybridized carbons (Fsp3) is 0.364. The van der Waals surface area contributed by atoms with Crippen LogP contribution >= 0.6 is 11.8 Å². The lowest BCUT2D eigenvalue weighted by Crippen LogP contribution is -2.55. The first-order valence-corrected chi connectivity index (χ1v) is 15.0. The Morgan fingerprint density at radius 2 is 1.59 bits per heavy atom. The van der Waals surface area contributed by atoms with Crippen LogP contribution < -0.4 is 10.6 Å². The van der Waals surface area contributed by atoms with E-state index in [4.69, 9.17) is 0 Å². The standard InChI is InChI=1S/C33H35N3O4S/c1-19-11-10-12-20(2)28(19)35-31(39)29-33-21(3)17-25(41-33)26(30(38)34-23-15-8-5-9-16-23)27(33)32(40)36(29)24(18-37)22-13-6-4-7-14-22/h4-16,21,24-27,29,37H,17-18H2,1-3H3,(H,34,38)(H,35,39)/t21?,24-,25-,26+,27+,29?,33?/m1/s1. The number of fused-ring (bicyclic) bond motifs is 1. The number of rotatable bonds is 7. The van der Waals surface area contributed by atoms with Gasteiger partial charge >= 0.3 is 0 Å². The van der Waals surface area contributed by atoms with Gasteiger partial charge in [-0.3, -0.25) is 14.4 Å². The Hall–Kier alpha value is -3.62. The van der Waals surface area contributed by atoms with E-state index in [0.29, 0.717) is 5.69 Å². The largest absolute Gasteiger partial charge is 0.394 e. The van der Waals surface area contributed by atoms with Crippen molar-refractivity contribution in [1.29, 1.82) is 0 Å². The molecule has 0 aliphatic carbocycles. The minimum atomic E-state index is -0.865. The third-order valence-corrected chi connectivity index (χ3v) is 11.3. The fourth-order valence-electron chi connectivity index (χ4n) is 7.37. The summed E-state index contributed by atoms with van der Waals surface area (Å²) in [6.45, 7) is 5.65. The molecule has 0 saturated carbocycles. The molecular formula is C33H35N3O4S. The molecule has 7 atom stereocenters. The molecular weight excluding hydrogens is 534 g/mol. The maximum atomic E-state index is 14.6. The third kappa shape index (κ3) is 4.35. The highest BCUT2D eigenvalue weighted by Gasteiger charge is 2.76. The van der Waals surface area contributed by atoms with Crippen LogP contribution in [0.25, 0.3) is 0 Å². The summed E-state index contributed by atoms with van der Waals surface area (Å²) < 4.78 is -0.802. The summed E-state index contributed by atoms with van der Waals surface area (Å²) in [5, 5.41) is 16.8. The fourth-order valence-corrected chi connectivity index (χ4v) is 9.78. The van der Waals surface area contributed by atoms with E-state index in [-0.39, 0.29) is 35.5 Å². The Balaban J connectivity index is 1.44. The molecule has 41 heavy (non-hydrogen) atoms. The van der Waals surface area contributed by atoms with Crippen molar-refractivity contribution in [2.24, 2.45) is 17.8 Å². The van der Waals surface area contributed by atoms with Crippen LogP contribution in [0.4, 0.5) is 11.4 Å². The van der Waals surface area contributed by atoms with Crippen molar-refractivity contribution >= 4 is 40.9 Å². The van der Waals surface area contributed by atoms with Gasteiger partial charge in [-0.25, -0.2) is 0 Å². The molecule has 3 aliphatic rings. The van der Waals surface area contributed by atoms with Gasteiger partial charge < -0.3 is 20.6 Å². The number of anilines is 2. The van der Waals surface area contributed by atoms with Gasteiger partial charge in [0.2, 0.25) is 17.7 Å². The van der Waals surface area contributed by atoms with E-state index < -0.39 is 28.7 Å². The van der Waals surface area contributed by atoms with Crippen molar-refractivity contribution < 1.29 is 19.5 Å². The van der Waals surface area contributed by atoms with E-state index in [1.165, 1.54) is 0 Å². The summed E-state index contributed by atoms with van der Waals surface area (Å²) in [6.07, 6.45) is 0.734. The highest BCUT2D eigenvalue weighted by molar-refractivity contribution is 8.02. The first-order valence-electron chi connectivity index (χ1n) is 14.2. The average Bonchev–Trinajstić information content (AvgIpc) is 3.56. The SMILES string of the molecule is Cc1cccc(C)c1NC(=O)C1N([C@H](CO)c2ccccc2)C(=O)[C@@H]2[C@@H](C(=O)Nc3ccccc3)[C@H]3CC(C)C12S3. The Kier molecular flexibility index (Phi) is 7.16. The van der Waals surface area contributed by atoms with Crippen molar-refractivity contribution in [3.63, 3.8) is 0 Å². The Morgan fingerprint density at radius 3 is 2.22 bits per heavy atom. The first kappa shape index (κ1) is 27.5. The molecule has 3 aromatic carbocycles. The number of aryl methyl sites for hydroxylation is 2. The smallest absolute Gasteiger partial charge is 0.248 e. The number of likely N-dealkylation sites (tertiary alicyclic amines) is 1.